The fraction of sp³-hybridized carbons (Fsp3) is 0.467. The first-order chi connectivity index (χ1) is 11.3. The highest BCUT2D eigenvalue weighted by molar-refractivity contribution is 7.89. The number of carbonyl (C=O) groups excluding carboxylic acids is 1. The number of hydrogen-bond acceptors (Lipinski definition) is 5. The van der Waals surface area contributed by atoms with Crippen LogP contribution < -0.4 is 14.8 Å². The van der Waals surface area contributed by atoms with Gasteiger partial charge in [0.25, 0.3) is 0 Å². The lowest BCUT2D eigenvalue weighted by atomic mass is 10.3. The molecular weight excluding hydrogens is 336 g/mol. The molecule has 0 radical (unpaired) electrons. The van der Waals surface area contributed by atoms with Crippen molar-refractivity contribution in [1.29, 1.82) is 0 Å². The van der Waals surface area contributed by atoms with Gasteiger partial charge in [0.05, 0.1) is 11.5 Å². The monoisotopic (exact) mass is 358 g/mol. The Balaban J connectivity index is 2.37. The average Bonchev–Trinajstić information content (AvgIpc) is 2.52. The van der Waals surface area contributed by atoms with Crippen LogP contribution in [-0.4, -0.2) is 45.1 Å². The van der Waals surface area contributed by atoms with E-state index in [9.17, 15) is 18.0 Å². The molecule has 0 saturated heterocycles. The first-order valence-electron chi connectivity index (χ1n) is 7.56. The Morgan fingerprint density at radius 3 is 2.38 bits per heavy atom. The number of benzene rings is 1. The number of carbonyl (C=O) groups is 2. The van der Waals surface area contributed by atoms with Crippen molar-refractivity contribution in [2.75, 3.05) is 19.7 Å². The smallest absolute Gasteiger partial charge is 0.303 e. The van der Waals surface area contributed by atoms with E-state index >= 15 is 0 Å². The number of aliphatic carboxylic acids is 1. The zero-order chi connectivity index (χ0) is 18.0. The zero-order valence-electron chi connectivity index (χ0n) is 13.4. The van der Waals surface area contributed by atoms with E-state index in [1.165, 1.54) is 12.1 Å². The number of carboxylic acids is 1. The summed E-state index contributed by atoms with van der Waals surface area (Å²) >= 11 is 0. The van der Waals surface area contributed by atoms with Crippen LogP contribution in [-0.2, 0) is 19.6 Å². The highest BCUT2D eigenvalue weighted by Crippen LogP contribution is 2.15. The van der Waals surface area contributed by atoms with E-state index in [0.29, 0.717) is 18.8 Å². The van der Waals surface area contributed by atoms with Crippen LogP contribution in [0.2, 0.25) is 0 Å². The van der Waals surface area contributed by atoms with Crippen LogP contribution in [0, 0.1) is 0 Å². The summed E-state index contributed by atoms with van der Waals surface area (Å²) in [5, 5.41) is 11.0. The molecular formula is C15H22N2O6S. The van der Waals surface area contributed by atoms with Crippen molar-refractivity contribution in [3.8, 4) is 5.75 Å². The van der Waals surface area contributed by atoms with E-state index in [-0.39, 0.29) is 36.7 Å². The van der Waals surface area contributed by atoms with E-state index in [0.717, 1.165) is 0 Å². The zero-order valence-corrected chi connectivity index (χ0v) is 14.3. The van der Waals surface area contributed by atoms with Gasteiger partial charge in [-0.2, -0.15) is 0 Å². The standard InChI is InChI=1S/C15H22N2O6S/c1-2-23-12-5-7-13(8-6-12)24(21,22)17-11-9-14(18)16-10-3-4-15(19)20/h5-8,17H,2-4,9-11H2,1H3,(H,16,18)(H,19,20). The number of amides is 1. The number of sulfonamides is 1. The summed E-state index contributed by atoms with van der Waals surface area (Å²) in [5.41, 5.74) is 0. The van der Waals surface area contributed by atoms with Crippen molar-refractivity contribution in [3.63, 3.8) is 0 Å². The van der Waals surface area contributed by atoms with Gasteiger partial charge in [-0.1, -0.05) is 0 Å². The maximum absolute atomic E-state index is 12.1. The molecule has 0 saturated carbocycles. The van der Waals surface area contributed by atoms with Crippen LogP contribution in [0.1, 0.15) is 26.2 Å². The van der Waals surface area contributed by atoms with Gasteiger partial charge in [-0.3, -0.25) is 9.59 Å². The Bertz CT molecular complexity index is 642. The van der Waals surface area contributed by atoms with Crippen molar-refractivity contribution >= 4 is 21.9 Å². The molecule has 1 amide bonds. The summed E-state index contributed by atoms with van der Waals surface area (Å²) in [4.78, 5) is 21.9. The summed E-state index contributed by atoms with van der Waals surface area (Å²) in [5.74, 6) is -0.681. The maximum Gasteiger partial charge on any atom is 0.303 e. The van der Waals surface area contributed by atoms with Crippen molar-refractivity contribution < 1.29 is 27.9 Å². The van der Waals surface area contributed by atoms with Crippen LogP contribution in [0.4, 0.5) is 0 Å². The Labute approximate surface area is 141 Å². The van der Waals surface area contributed by atoms with Crippen LogP contribution in [0.5, 0.6) is 5.75 Å². The minimum Gasteiger partial charge on any atom is -0.494 e. The highest BCUT2D eigenvalue weighted by Gasteiger charge is 2.14. The average molecular weight is 358 g/mol. The van der Waals surface area contributed by atoms with Gasteiger partial charge in [-0.15, -0.1) is 0 Å². The molecule has 1 aromatic rings. The van der Waals surface area contributed by atoms with Gasteiger partial charge in [0.15, 0.2) is 0 Å². The Morgan fingerprint density at radius 2 is 1.79 bits per heavy atom. The molecule has 8 nitrogen and oxygen atoms in total. The molecule has 0 unspecified atom stereocenters. The molecule has 9 heteroatoms. The lowest BCUT2D eigenvalue weighted by molar-refractivity contribution is -0.137. The summed E-state index contributed by atoms with van der Waals surface area (Å²) < 4.78 is 31.7. The number of nitrogens with one attached hydrogen (secondary N) is 2. The second kappa shape index (κ2) is 9.89. The molecule has 0 aliphatic carbocycles. The molecule has 1 rings (SSSR count). The summed E-state index contributed by atoms with van der Waals surface area (Å²) in [6, 6.07) is 5.99. The van der Waals surface area contributed by atoms with Crippen LogP contribution in [0.25, 0.3) is 0 Å². The Kier molecular flexibility index (Phi) is 8.20. The molecule has 1 aromatic carbocycles. The molecule has 3 N–H and O–H groups in total. The number of ether oxygens (including phenoxy) is 1. The van der Waals surface area contributed by atoms with Crippen LogP contribution in [0.15, 0.2) is 29.2 Å². The van der Waals surface area contributed by atoms with Gasteiger partial charge in [-0.05, 0) is 37.6 Å². The van der Waals surface area contributed by atoms with Crippen molar-refractivity contribution in [3.05, 3.63) is 24.3 Å². The molecule has 0 heterocycles. The van der Waals surface area contributed by atoms with Crippen LogP contribution >= 0.6 is 0 Å². The molecule has 0 aromatic heterocycles. The Morgan fingerprint density at radius 1 is 1.12 bits per heavy atom. The van der Waals surface area contributed by atoms with Crippen molar-refractivity contribution in [2.24, 2.45) is 0 Å². The molecule has 0 aliphatic rings. The Hall–Kier alpha value is -2.13. The van der Waals surface area contributed by atoms with Gasteiger partial charge in [0.2, 0.25) is 15.9 Å². The van der Waals surface area contributed by atoms with Gasteiger partial charge in [0, 0.05) is 25.9 Å². The third-order valence-corrected chi connectivity index (χ3v) is 4.46. The normalized spacial score (nSPS) is 11.0. The third-order valence-electron chi connectivity index (χ3n) is 2.98. The van der Waals surface area contributed by atoms with Gasteiger partial charge >= 0.3 is 5.97 Å². The molecule has 0 aliphatic heterocycles. The van der Waals surface area contributed by atoms with E-state index in [4.69, 9.17) is 9.84 Å². The molecule has 0 spiro atoms. The molecule has 0 bridgehead atoms. The maximum atomic E-state index is 12.1. The molecule has 0 atom stereocenters. The van der Waals surface area contributed by atoms with Gasteiger partial charge < -0.3 is 15.2 Å². The van der Waals surface area contributed by atoms with E-state index in [1.54, 1.807) is 12.1 Å². The first kappa shape index (κ1) is 19.9. The van der Waals surface area contributed by atoms with E-state index < -0.39 is 16.0 Å². The third kappa shape index (κ3) is 7.42. The van der Waals surface area contributed by atoms with Gasteiger partial charge in [0.1, 0.15) is 5.75 Å². The summed E-state index contributed by atoms with van der Waals surface area (Å²) in [6.45, 7) is 2.53. The second-order valence-corrected chi connectivity index (χ2v) is 6.67. The minimum absolute atomic E-state index is 0.0232. The predicted molar refractivity (Wildman–Crippen MR) is 87.3 cm³/mol. The molecule has 24 heavy (non-hydrogen) atoms. The fourth-order valence-corrected chi connectivity index (χ4v) is 2.85. The minimum atomic E-state index is -3.69. The second-order valence-electron chi connectivity index (χ2n) is 4.90. The quantitative estimate of drug-likeness (QED) is 0.502. The highest BCUT2D eigenvalue weighted by atomic mass is 32.2. The fourth-order valence-electron chi connectivity index (χ4n) is 1.82. The number of hydrogen-bond donors (Lipinski definition) is 3. The lowest BCUT2D eigenvalue weighted by Crippen LogP contribution is -2.31. The van der Waals surface area contributed by atoms with Gasteiger partial charge in [-0.25, -0.2) is 13.1 Å². The SMILES string of the molecule is CCOc1ccc(S(=O)(=O)NCCC(=O)NCCCC(=O)O)cc1. The van der Waals surface area contributed by atoms with E-state index in [1.807, 2.05) is 6.92 Å². The summed E-state index contributed by atoms with van der Waals surface area (Å²) in [6.07, 6.45) is 0.285. The largest absolute Gasteiger partial charge is 0.494 e. The molecule has 0 fully saturated rings. The van der Waals surface area contributed by atoms with E-state index in [2.05, 4.69) is 10.0 Å². The molecule has 134 valence electrons. The van der Waals surface area contributed by atoms with Crippen molar-refractivity contribution in [1.82, 2.24) is 10.0 Å². The van der Waals surface area contributed by atoms with Crippen LogP contribution in [0.3, 0.4) is 0 Å². The number of rotatable bonds is 11. The van der Waals surface area contributed by atoms with Crippen molar-refractivity contribution in [2.45, 2.75) is 31.1 Å². The predicted octanol–water partition coefficient (Wildman–Crippen LogP) is 0.735. The lowest BCUT2D eigenvalue weighted by Gasteiger charge is -2.08. The first-order valence-corrected chi connectivity index (χ1v) is 9.04. The number of carboxylic acid groups (broad SMARTS) is 1. The summed E-state index contributed by atoms with van der Waals surface area (Å²) in [7, 11) is -3.69. The topological polar surface area (TPSA) is 122 Å².